The van der Waals surface area contributed by atoms with E-state index in [2.05, 4.69) is 35.4 Å². The zero-order valence-electron chi connectivity index (χ0n) is 18.3. The van der Waals surface area contributed by atoms with Crippen LogP contribution in [-0.4, -0.2) is 26.4 Å². The lowest BCUT2D eigenvalue weighted by Crippen LogP contribution is -2.15. The van der Waals surface area contributed by atoms with Crippen molar-refractivity contribution in [2.75, 3.05) is 11.1 Å². The van der Waals surface area contributed by atoms with Gasteiger partial charge < -0.3 is 10.1 Å². The fourth-order valence-electron chi connectivity index (χ4n) is 3.25. The number of halogens is 1. The number of ether oxygens (including phenoxy) is 1. The van der Waals surface area contributed by atoms with E-state index in [1.54, 1.807) is 12.1 Å². The first kappa shape index (κ1) is 22.9. The van der Waals surface area contributed by atoms with E-state index in [-0.39, 0.29) is 18.3 Å². The van der Waals surface area contributed by atoms with Crippen molar-refractivity contribution in [3.8, 4) is 11.4 Å². The Morgan fingerprint density at radius 1 is 1.00 bits per heavy atom. The summed E-state index contributed by atoms with van der Waals surface area (Å²) in [5.41, 5.74) is 3.81. The molecule has 0 fully saturated rings. The summed E-state index contributed by atoms with van der Waals surface area (Å²) in [6, 6.07) is 22.8. The molecule has 1 N–H and O–H groups in total. The Morgan fingerprint density at radius 2 is 1.76 bits per heavy atom. The van der Waals surface area contributed by atoms with Gasteiger partial charge in [-0.2, -0.15) is 0 Å². The van der Waals surface area contributed by atoms with E-state index in [9.17, 15) is 4.79 Å². The average molecular weight is 479 g/mol. The Balaban J connectivity index is 1.56. The Hall–Kier alpha value is -3.29. The van der Waals surface area contributed by atoms with Crippen molar-refractivity contribution in [1.82, 2.24) is 14.8 Å². The molecule has 4 rings (SSSR count). The molecule has 1 aromatic heterocycles. The number of carbonyl (C=O) groups excluding carboxylic acids is 1. The number of hydrogen-bond acceptors (Lipinski definition) is 5. The molecular formula is C25H23ClN4O2S. The van der Waals surface area contributed by atoms with Crippen LogP contribution in [0.15, 0.2) is 78.0 Å². The summed E-state index contributed by atoms with van der Waals surface area (Å²) >= 11 is 7.46. The third kappa shape index (κ3) is 5.56. The van der Waals surface area contributed by atoms with Crippen molar-refractivity contribution in [2.24, 2.45) is 0 Å². The zero-order valence-corrected chi connectivity index (χ0v) is 19.9. The van der Waals surface area contributed by atoms with Gasteiger partial charge in [-0.05, 0) is 55.3 Å². The monoisotopic (exact) mass is 478 g/mol. The quantitative estimate of drug-likeness (QED) is 0.322. The van der Waals surface area contributed by atoms with Crippen LogP contribution < -0.4 is 10.1 Å². The van der Waals surface area contributed by atoms with Gasteiger partial charge in [-0.15, -0.1) is 10.2 Å². The molecule has 0 radical (unpaired) electrons. The summed E-state index contributed by atoms with van der Waals surface area (Å²) < 4.78 is 7.89. The molecule has 0 bridgehead atoms. The molecule has 8 heteroatoms. The summed E-state index contributed by atoms with van der Waals surface area (Å²) in [6.45, 7) is 4.37. The summed E-state index contributed by atoms with van der Waals surface area (Å²) in [6.07, 6.45) is 0. The fraction of sp³-hybridized carbons (Fsp3) is 0.160. The summed E-state index contributed by atoms with van der Waals surface area (Å²) in [4.78, 5) is 12.6. The minimum atomic E-state index is -0.175. The van der Waals surface area contributed by atoms with Gasteiger partial charge in [0.2, 0.25) is 5.91 Å². The Labute approximate surface area is 202 Å². The molecule has 6 nitrogen and oxygen atoms in total. The van der Waals surface area contributed by atoms with E-state index in [1.165, 1.54) is 11.8 Å². The normalized spacial score (nSPS) is 10.8. The average Bonchev–Trinajstić information content (AvgIpc) is 3.23. The van der Waals surface area contributed by atoms with E-state index >= 15 is 0 Å². The molecule has 0 unspecified atom stereocenters. The number of hydrogen-bond donors (Lipinski definition) is 1. The lowest BCUT2D eigenvalue weighted by molar-refractivity contribution is -0.113. The predicted octanol–water partition coefficient (Wildman–Crippen LogP) is 5.85. The van der Waals surface area contributed by atoms with Crippen LogP contribution in [0.25, 0.3) is 5.69 Å². The fourth-order valence-corrected chi connectivity index (χ4v) is 4.20. The van der Waals surface area contributed by atoms with Gasteiger partial charge >= 0.3 is 0 Å². The van der Waals surface area contributed by atoms with Gasteiger partial charge in [0, 0.05) is 0 Å². The van der Waals surface area contributed by atoms with E-state index in [4.69, 9.17) is 16.3 Å². The number of benzene rings is 3. The van der Waals surface area contributed by atoms with Gasteiger partial charge in [-0.25, -0.2) is 0 Å². The highest BCUT2D eigenvalue weighted by molar-refractivity contribution is 7.99. The molecule has 0 atom stereocenters. The second-order valence-electron chi connectivity index (χ2n) is 7.37. The molecule has 3 aromatic carbocycles. The number of amides is 1. The maximum atomic E-state index is 12.6. The molecule has 1 heterocycles. The van der Waals surface area contributed by atoms with Crippen LogP contribution in [0.3, 0.4) is 0 Å². The third-order valence-electron chi connectivity index (χ3n) is 5.11. The number of nitrogens with zero attached hydrogens (tertiary/aromatic N) is 3. The Bertz CT molecular complexity index is 1260. The molecule has 33 heavy (non-hydrogen) atoms. The minimum absolute atomic E-state index is 0.160. The highest BCUT2D eigenvalue weighted by atomic mass is 35.5. The Morgan fingerprint density at radius 3 is 2.55 bits per heavy atom. The van der Waals surface area contributed by atoms with Crippen molar-refractivity contribution in [3.05, 3.63) is 94.8 Å². The first-order chi connectivity index (χ1) is 16.0. The van der Waals surface area contributed by atoms with Gasteiger partial charge in [0.15, 0.2) is 11.0 Å². The van der Waals surface area contributed by atoms with E-state index < -0.39 is 0 Å². The van der Waals surface area contributed by atoms with Crippen LogP contribution in [0.5, 0.6) is 5.75 Å². The largest absolute Gasteiger partial charge is 0.486 e. The van der Waals surface area contributed by atoms with Gasteiger partial charge in [-0.3, -0.25) is 9.36 Å². The smallest absolute Gasteiger partial charge is 0.234 e. The molecule has 0 aliphatic rings. The number of thioether (sulfide) groups is 1. The lowest BCUT2D eigenvalue weighted by Gasteiger charge is -2.15. The number of carbonyl (C=O) groups is 1. The van der Waals surface area contributed by atoms with E-state index in [1.807, 2.05) is 59.2 Å². The first-order valence-corrected chi connectivity index (χ1v) is 11.7. The number of para-hydroxylation sites is 2. The molecule has 0 spiro atoms. The van der Waals surface area contributed by atoms with Gasteiger partial charge in [0.05, 0.1) is 22.2 Å². The highest BCUT2D eigenvalue weighted by Gasteiger charge is 2.18. The maximum Gasteiger partial charge on any atom is 0.234 e. The number of anilines is 1. The van der Waals surface area contributed by atoms with Crippen molar-refractivity contribution < 1.29 is 9.53 Å². The van der Waals surface area contributed by atoms with Crippen LogP contribution in [0.1, 0.15) is 17.0 Å². The molecule has 0 saturated carbocycles. The van der Waals surface area contributed by atoms with Gasteiger partial charge in [-0.1, -0.05) is 65.8 Å². The van der Waals surface area contributed by atoms with Crippen LogP contribution in [0.4, 0.5) is 5.69 Å². The van der Waals surface area contributed by atoms with E-state index in [0.29, 0.717) is 21.7 Å². The van der Waals surface area contributed by atoms with Crippen molar-refractivity contribution in [3.63, 3.8) is 0 Å². The molecule has 0 aliphatic carbocycles. The second kappa shape index (κ2) is 10.6. The third-order valence-corrected chi connectivity index (χ3v) is 6.37. The molecule has 0 saturated heterocycles. The van der Waals surface area contributed by atoms with E-state index in [0.717, 1.165) is 22.6 Å². The minimum Gasteiger partial charge on any atom is -0.486 e. The van der Waals surface area contributed by atoms with Crippen molar-refractivity contribution in [2.45, 2.75) is 25.6 Å². The van der Waals surface area contributed by atoms with Crippen LogP contribution >= 0.6 is 23.4 Å². The van der Waals surface area contributed by atoms with Gasteiger partial charge in [0.25, 0.3) is 0 Å². The van der Waals surface area contributed by atoms with Gasteiger partial charge in [0.1, 0.15) is 12.4 Å². The standard InChI is InChI=1S/C25H23ClN4O2S/c1-17-9-8-14-22(18(17)2)30-23(15-32-19-10-4-3-5-11-19)28-29-25(30)33-16-24(31)27-21-13-7-6-12-20(21)26/h3-14H,15-16H2,1-2H3,(H,27,31). The first-order valence-electron chi connectivity index (χ1n) is 10.4. The zero-order chi connectivity index (χ0) is 23.2. The predicted molar refractivity (Wildman–Crippen MR) is 132 cm³/mol. The number of aromatic nitrogens is 3. The number of nitrogens with one attached hydrogen (secondary N) is 1. The second-order valence-corrected chi connectivity index (χ2v) is 8.72. The summed E-state index contributed by atoms with van der Waals surface area (Å²) in [5.74, 6) is 1.39. The molecule has 0 aliphatic heterocycles. The van der Waals surface area contributed by atoms with Crippen LogP contribution in [0.2, 0.25) is 5.02 Å². The molecule has 4 aromatic rings. The molecule has 168 valence electrons. The van der Waals surface area contributed by atoms with Crippen molar-refractivity contribution >= 4 is 35.0 Å². The lowest BCUT2D eigenvalue weighted by atomic mass is 10.1. The SMILES string of the molecule is Cc1cccc(-n2c(COc3ccccc3)nnc2SCC(=O)Nc2ccccc2Cl)c1C. The molecular weight excluding hydrogens is 456 g/mol. The topological polar surface area (TPSA) is 69.0 Å². The number of rotatable bonds is 8. The van der Waals surface area contributed by atoms with Crippen molar-refractivity contribution in [1.29, 1.82) is 0 Å². The van der Waals surface area contributed by atoms with Crippen LogP contribution in [-0.2, 0) is 11.4 Å². The summed E-state index contributed by atoms with van der Waals surface area (Å²) in [7, 11) is 0. The maximum absolute atomic E-state index is 12.6. The number of aryl methyl sites for hydroxylation is 1. The molecule has 1 amide bonds. The van der Waals surface area contributed by atoms with Crippen LogP contribution in [0, 0.1) is 13.8 Å². The Kier molecular flexibility index (Phi) is 7.32. The summed E-state index contributed by atoms with van der Waals surface area (Å²) in [5, 5.41) is 12.7. The highest BCUT2D eigenvalue weighted by Crippen LogP contribution is 2.27.